The molecule has 0 bridgehead atoms. The van der Waals surface area contributed by atoms with Crippen LogP contribution in [-0.4, -0.2) is 59.8 Å². The highest BCUT2D eigenvalue weighted by molar-refractivity contribution is 5.77. The average molecular weight is 338 g/mol. The third-order valence-corrected chi connectivity index (χ3v) is 6.15. The van der Waals surface area contributed by atoms with E-state index in [-0.39, 0.29) is 23.4 Å². The van der Waals surface area contributed by atoms with Gasteiger partial charge in [0.15, 0.2) is 0 Å². The highest BCUT2D eigenvalue weighted by Crippen LogP contribution is 2.38. The van der Waals surface area contributed by atoms with Gasteiger partial charge in [0.25, 0.3) is 0 Å². The van der Waals surface area contributed by atoms with Gasteiger partial charge in [-0.1, -0.05) is 12.8 Å². The molecule has 0 spiro atoms. The molecule has 1 heterocycles. The van der Waals surface area contributed by atoms with Crippen molar-refractivity contribution in [2.75, 3.05) is 26.3 Å². The van der Waals surface area contributed by atoms with Crippen molar-refractivity contribution in [1.29, 1.82) is 0 Å². The van der Waals surface area contributed by atoms with Gasteiger partial charge in [-0.25, -0.2) is 0 Å². The number of carbonyl (C=O) groups is 2. The van der Waals surface area contributed by atoms with E-state index in [9.17, 15) is 9.59 Å². The third-order valence-electron chi connectivity index (χ3n) is 6.15. The van der Waals surface area contributed by atoms with Crippen molar-refractivity contribution in [3.63, 3.8) is 0 Å². The number of amides is 1. The van der Waals surface area contributed by atoms with E-state index in [0.29, 0.717) is 19.3 Å². The number of hydrogen-bond donors (Lipinski definition) is 2. The summed E-state index contributed by atoms with van der Waals surface area (Å²) in [5.41, 5.74) is 0.0200. The van der Waals surface area contributed by atoms with Gasteiger partial charge in [0.05, 0.1) is 19.1 Å². The first-order valence-corrected chi connectivity index (χ1v) is 9.44. The normalized spacial score (nSPS) is 30.8. The van der Waals surface area contributed by atoms with Crippen LogP contribution in [0.25, 0.3) is 0 Å². The number of carboxylic acids is 1. The van der Waals surface area contributed by atoms with Crippen molar-refractivity contribution in [1.82, 2.24) is 10.2 Å². The maximum Gasteiger partial charge on any atom is 0.306 e. The summed E-state index contributed by atoms with van der Waals surface area (Å²) in [7, 11) is 0. The van der Waals surface area contributed by atoms with Gasteiger partial charge in [0.1, 0.15) is 0 Å². The molecule has 1 amide bonds. The smallest absolute Gasteiger partial charge is 0.306 e. The molecule has 3 aliphatic rings. The maximum absolute atomic E-state index is 12.6. The Labute approximate surface area is 143 Å². The number of morpholine rings is 1. The molecule has 136 valence electrons. The van der Waals surface area contributed by atoms with E-state index < -0.39 is 5.97 Å². The van der Waals surface area contributed by atoms with Gasteiger partial charge in [-0.15, -0.1) is 0 Å². The Kier molecular flexibility index (Phi) is 5.76. The van der Waals surface area contributed by atoms with E-state index in [1.54, 1.807) is 0 Å². The van der Waals surface area contributed by atoms with Crippen LogP contribution in [0.4, 0.5) is 0 Å². The van der Waals surface area contributed by atoms with Crippen molar-refractivity contribution in [3.05, 3.63) is 0 Å². The molecule has 6 nitrogen and oxygen atoms in total. The lowest BCUT2D eigenvalue weighted by Gasteiger charge is -2.43. The first-order valence-electron chi connectivity index (χ1n) is 9.44. The van der Waals surface area contributed by atoms with Crippen LogP contribution in [0.15, 0.2) is 0 Å². The molecule has 0 aromatic heterocycles. The van der Waals surface area contributed by atoms with Gasteiger partial charge >= 0.3 is 5.97 Å². The summed E-state index contributed by atoms with van der Waals surface area (Å²) in [6.45, 7) is 3.39. The number of rotatable bonds is 5. The Bertz CT molecular complexity index is 448. The second kappa shape index (κ2) is 7.83. The molecule has 0 aromatic carbocycles. The number of carbonyl (C=O) groups excluding carboxylic acids is 1. The third kappa shape index (κ3) is 4.09. The van der Waals surface area contributed by atoms with Crippen LogP contribution in [0.2, 0.25) is 0 Å². The monoisotopic (exact) mass is 338 g/mol. The fourth-order valence-electron chi connectivity index (χ4n) is 4.74. The number of aliphatic carboxylic acids is 1. The van der Waals surface area contributed by atoms with E-state index in [4.69, 9.17) is 9.84 Å². The van der Waals surface area contributed by atoms with E-state index >= 15 is 0 Å². The Morgan fingerprint density at radius 2 is 1.71 bits per heavy atom. The minimum Gasteiger partial charge on any atom is -0.481 e. The van der Waals surface area contributed by atoms with E-state index in [2.05, 4.69) is 10.2 Å². The summed E-state index contributed by atoms with van der Waals surface area (Å²) in [5.74, 6) is -0.785. The Balaban J connectivity index is 1.52. The van der Waals surface area contributed by atoms with Crippen LogP contribution >= 0.6 is 0 Å². The van der Waals surface area contributed by atoms with Crippen LogP contribution in [0.5, 0.6) is 0 Å². The fourth-order valence-corrected chi connectivity index (χ4v) is 4.74. The summed E-state index contributed by atoms with van der Waals surface area (Å²) in [4.78, 5) is 26.1. The largest absolute Gasteiger partial charge is 0.481 e. The molecule has 0 atom stereocenters. The van der Waals surface area contributed by atoms with Crippen molar-refractivity contribution in [2.45, 2.75) is 69.4 Å². The van der Waals surface area contributed by atoms with Crippen molar-refractivity contribution < 1.29 is 19.4 Å². The molecule has 1 aliphatic heterocycles. The van der Waals surface area contributed by atoms with E-state index in [1.165, 1.54) is 12.8 Å². The Morgan fingerprint density at radius 3 is 2.29 bits per heavy atom. The van der Waals surface area contributed by atoms with Crippen LogP contribution in [-0.2, 0) is 14.3 Å². The summed E-state index contributed by atoms with van der Waals surface area (Å²) in [6.07, 6.45) is 8.11. The zero-order chi connectivity index (χ0) is 17.0. The van der Waals surface area contributed by atoms with E-state index in [0.717, 1.165) is 52.0 Å². The van der Waals surface area contributed by atoms with Gasteiger partial charge in [0.2, 0.25) is 5.91 Å². The molecular formula is C18H30N2O4. The molecule has 6 heteroatoms. The molecule has 2 saturated carbocycles. The molecular weight excluding hydrogens is 308 g/mol. The highest BCUT2D eigenvalue weighted by Gasteiger charge is 2.42. The van der Waals surface area contributed by atoms with Gasteiger partial charge in [0, 0.05) is 31.1 Å². The number of nitrogens with zero attached hydrogens (tertiary/aromatic N) is 1. The predicted molar refractivity (Wildman–Crippen MR) is 89.7 cm³/mol. The minimum absolute atomic E-state index is 0.0200. The summed E-state index contributed by atoms with van der Waals surface area (Å²) in [6, 6.07) is 0.149. The molecule has 0 unspecified atom stereocenters. The first-order chi connectivity index (χ1) is 11.6. The summed E-state index contributed by atoms with van der Waals surface area (Å²) >= 11 is 0. The number of carboxylic acid groups (broad SMARTS) is 1. The topological polar surface area (TPSA) is 78.9 Å². The van der Waals surface area contributed by atoms with Crippen LogP contribution in [0.3, 0.4) is 0 Å². The van der Waals surface area contributed by atoms with Crippen molar-refractivity contribution in [3.8, 4) is 0 Å². The SMILES string of the molecule is O=C(CC1(N2CCOCC2)CCCC1)NC1CCC(C(=O)O)CC1. The molecule has 0 aromatic rings. The average Bonchev–Trinajstić information content (AvgIpc) is 3.05. The molecule has 2 N–H and O–H groups in total. The molecule has 24 heavy (non-hydrogen) atoms. The van der Waals surface area contributed by atoms with Crippen molar-refractivity contribution in [2.24, 2.45) is 5.92 Å². The summed E-state index contributed by atoms with van der Waals surface area (Å²) < 4.78 is 5.47. The minimum atomic E-state index is -0.697. The second-order valence-corrected chi connectivity index (χ2v) is 7.66. The van der Waals surface area contributed by atoms with E-state index in [1.807, 2.05) is 0 Å². The predicted octanol–water partition coefficient (Wildman–Crippen LogP) is 1.78. The quantitative estimate of drug-likeness (QED) is 0.799. The molecule has 3 rings (SSSR count). The summed E-state index contributed by atoms with van der Waals surface area (Å²) in [5, 5.41) is 12.3. The fraction of sp³-hybridized carbons (Fsp3) is 0.889. The highest BCUT2D eigenvalue weighted by atomic mass is 16.5. The van der Waals surface area contributed by atoms with Crippen molar-refractivity contribution >= 4 is 11.9 Å². The Hall–Kier alpha value is -1.14. The van der Waals surface area contributed by atoms with Crippen LogP contribution in [0, 0.1) is 5.92 Å². The first kappa shape index (κ1) is 17.7. The van der Waals surface area contributed by atoms with Gasteiger partial charge in [-0.3, -0.25) is 14.5 Å². The molecule has 2 aliphatic carbocycles. The zero-order valence-corrected chi connectivity index (χ0v) is 14.5. The van der Waals surface area contributed by atoms with Gasteiger partial charge in [-0.2, -0.15) is 0 Å². The lowest BCUT2D eigenvalue weighted by Crippen LogP contribution is -2.54. The molecule has 3 fully saturated rings. The lowest BCUT2D eigenvalue weighted by molar-refractivity contribution is -0.142. The van der Waals surface area contributed by atoms with Gasteiger partial charge < -0.3 is 15.2 Å². The van der Waals surface area contributed by atoms with Crippen LogP contribution < -0.4 is 5.32 Å². The maximum atomic E-state index is 12.6. The zero-order valence-electron chi connectivity index (χ0n) is 14.5. The number of ether oxygens (including phenoxy) is 1. The number of nitrogens with one attached hydrogen (secondary N) is 1. The lowest BCUT2D eigenvalue weighted by atomic mass is 9.85. The standard InChI is InChI=1S/C18H30N2O4/c21-16(19-15-5-3-14(4-6-15)17(22)23)13-18(7-1-2-8-18)20-9-11-24-12-10-20/h14-15H,1-13H2,(H,19,21)(H,22,23). The molecule has 1 saturated heterocycles. The number of hydrogen-bond acceptors (Lipinski definition) is 4. The Morgan fingerprint density at radius 1 is 1.08 bits per heavy atom. The van der Waals surface area contributed by atoms with Gasteiger partial charge in [-0.05, 0) is 38.5 Å². The second-order valence-electron chi connectivity index (χ2n) is 7.66. The van der Waals surface area contributed by atoms with Crippen LogP contribution in [0.1, 0.15) is 57.8 Å². The molecule has 0 radical (unpaired) electrons.